The smallest absolute Gasteiger partial charge is 0.407 e. The Morgan fingerprint density at radius 1 is 1.53 bits per heavy atom. The molecular formula is C13H17NO3. The molecule has 1 N–H and O–H groups in total. The van der Waals surface area contributed by atoms with Gasteiger partial charge in [-0.2, -0.15) is 0 Å². The van der Waals surface area contributed by atoms with Crippen LogP contribution in [-0.4, -0.2) is 24.8 Å². The van der Waals surface area contributed by atoms with Crippen LogP contribution in [-0.2, 0) is 16.1 Å². The molecule has 0 unspecified atom stereocenters. The fraction of sp³-hybridized carbons (Fsp3) is 0.462. The predicted octanol–water partition coefficient (Wildman–Crippen LogP) is 2.09. The number of hydrogen-bond donors (Lipinski definition) is 1. The van der Waals surface area contributed by atoms with Crippen molar-refractivity contribution in [1.82, 2.24) is 5.32 Å². The van der Waals surface area contributed by atoms with Gasteiger partial charge in [-0.25, -0.2) is 4.79 Å². The lowest BCUT2D eigenvalue weighted by Gasteiger charge is -2.14. The van der Waals surface area contributed by atoms with Gasteiger partial charge in [-0.15, -0.1) is 0 Å². The van der Waals surface area contributed by atoms with E-state index in [1.807, 2.05) is 37.3 Å². The van der Waals surface area contributed by atoms with Gasteiger partial charge in [0.15, 0.2) is 0 Å². The minimum absolute atomic E-state index is 0.0678. The highest BCUT2D eigenvalue weighted by Gasteiger charge is 2.32. The van der Waals surface area contributed by atoms with Crippen molar-refractivity contribution in [2.75, 3.05) is 6.61 Å². The lowest BCUT2D eigenvalue weighted by atomic mass is 10.2. The van der Waals surface area contributed by atoms with Crippen LogP contribution in [0.3, 0.4) is 0 Å². The summed E-state index contributed by atoms with van der Waals surface area (Å²) in [6.07, 6.45) is 0.644. The van der Waals surface area contributed by atoms with E-state index < -0.39 is 0 Å². The van der Waals surface area contributed by atoms with E-state index in [4.69, 9.17) is 9.47 Å². The number of ether oxygens (including phenoxy) is 2. The van der Waals surface area contributed by atoms with Crippen molar-refractivity contribution >= 4 is 6.09 Å². The highest BCUT2D eigenvalue weighted by Crippen LogP contribution is 2.16. The van der Waals surface area contributed by atoms with Crippen LogP contribution in [0.4, 0.5) is 4.79 Å². The van der Waals surface area contributed by atoms with Gasteiger partial charge in [0.25, 0.3) is 0 Å². The minimum atomic E-state index is -0.379. The first-order valence-electron chi connectivity index (χ1n) is 5.88. The maximum atomic E-state index is 11.5. The molecule has 0 spiro atoms. The molecule has 0 bridgehead atoms. The van der Waals surface area contributed by atoms with Crippen LogP contribution in [0.1, 0.15) is 18.9 Å². The molecule has 1 heterocycles. The van der Waals surface area contributed by atoms with Crippen LogP contribution in [0, 0.1) is 0 Å². The first kappa shape index (κ1) is 11.9. The normalized spacial score (nSPS) is 19.5. The SMILES string of the molecule is CC[C@H](NC(=O)OCc1ccccc1)[C@H]1CO1. The molecule has 0 saturated carbocycles. The molecule has 1 saturated heterocycles. The number of nitrogens with one attached hydrogen (secondary N) is 1. The Labute approximate surface area is 101 Å². The fourth-order valence-corrected chi connectivity index (χ4v) is 1.66. The summed E-state index contributed by atoms with van der Waals surface area (Å²) >= 11 is 0. The zero-order chi connectivity index (χ0) is 12.1. The Kier molecular flexibility index (Phi) is 3.98. The van der Waals surface area contributed by atoms with Crippen molar-refractivity contribution in [3.8, 4) is 0 Å². The molecular weight excluding hydrogens is 218 g/mol. The van der Waals surface area contributed by atoms with E-state index in [0.717, 1.165) is 18.6 Å². The lowest BCUT2D eigenvalue weighted by molar-refractivity contribution is 0.133. The van der Waals surface area contributed by atoms with E-state index in [1.165, 1.54) is 0 Å². The van der Waals surface area contributed by atoms with Crippen LogP contribution in [0.5, 0.6) is 0 Å². The summed E-state index contributed by atoms with van der Waals surface area (Å²) in [5, 5.41) is 2.81. The van der Waals surface area contributed by atoms with Crippen molar-refractivity contribution in [2.24, 2.45) is 0 Å². The molecule has 1 aromatic rings. The second-order valence-corrected chi connectivity index (χ2v) is 4.09. The summed E-state index contributed by atoms with van der Waals surface area (Å²) in [5.41, 5.74) is 0.985. The van der Waals surface area contributed by atoms with Gasteiger partial charge in [-0.1, -0.05) is 37.3 Å². The van der Waals surface area contributed by atoms with E-state index in [0.29, 0.717) is 6.61 Å². The summed E-state index contributed by atoms with van der Waals surface area (Å²) in [6, 6.07) is 9.69. The number of hydrogen-bond acceptors (Lipinski definition) is 3. The topological polar surface area (TPSA) is 50.9 Å². The molecule has 0 aromatic heterocycles. The average Bonchev–Trinajstić information content (AvgIpc) is 3.19. The molecule has 17 heavy (non-hydrogen) atoms. The second-order valence-electron chi connectivity index (χ2n) is 4.09. The summed E-state index contributed by atoms with van der Waals surface area (Å²) in [4.78, 5) is 11.5. The van der Waals surface area contributed by atoms with Gasteiger partial charge in [0, 0.05) is 0 Å². The van der Waals surface area contributed by atoms with Gasteiger partial charge in [0.1, 0.15) is 12.7 Å². The van der Waals surface area contributed by atoms with Crippen LogP contribution in [0.25, 0.3) is 0 Å². The molecule has 0 radical (unpaired) electrons. The van der Waals surface area contributed by atoms with Crippen LogP contribution >= 0.6 is 0 Å². The number of amides is 1. The number of epoxide rings is 1. The third-order valence-electron chi connectivity index (χ3n) is 2.76. The second kappa shape index (κ2) is 5.68. The van der Waals surface area contributed by atoms with Crippen LogP contribution in [0.15, 0.2) is 30.3 Å². The number of alkyl carbamates (subject to hydrolysis) is 1. The maximum Gasteiger partial charge on any atom is 0.407 e. The third-order valence-corrected chi connectivity index (χ3v) is 2.76. The van der Waals surface area contributed by atoms with E-state index in [1.54, 1.807) is 0 Å². The quantitative estimate of drug-likeness (QED) is 0.795. The van der Waals surface area contributed by atoms with Gasteiger partial charge >= 0.3 is 6.09 Å². The first-order valence-corrected chi connectivity index (χ1v) is 5.88. The molecule has 1 amide bonds. The summed E-state index contributed by atoms with van der Waals surface area (Å²) in [7, 11) is 0. The zero-order valence-electron chi connectivity index (χ0n) is 9.89. The number of carbonyl (C=O) groups is 1. The van der Waals surface area contributed by atoms with Gasteiger partial charge in [-0.3, -0.25) is 0 Å². The molecule has 1 aliphatic rings. The molecule has 4 heteroatoms. The maximum absolute atomic E-state index is 11.5. The Morgan fingerprint density at radius 3 is 2.82 bits per heavy atom. The van der Waals surface area contributed by atoms with Crippen molar-refractivity contribution in [3.05, 3.63) is 35.9 Å². The molecule has 1 aromatic carbocycles. The van der Waals surface area contributed by atoms with Crippen LogP contribution < -0.4 is 5.32 Å². The number of carbonyl (C=O) groups excluding carboxylic acids is 1. The Morgan fingerprint density at radius 2 is 2.24 bits per heavy atom. The van der Waals surface area contributed by atoms with Crippen LogP contribution in [0.2, 0.25) is 0 Å². The number of rotatable bonds is 5. The summed E-state index contributed by atoms with van der Waals surface area (Å²) < 4.78 is 10.3. The summed E-state index contributed by atoms with van der Waals surface area (Å²) in [5.74, 6) is 0. The molecule has 4 nitrogen and oxygen atoms in total. The largest absolute Gasteiger partial charge is 0.445 e. The van der Waals surface area contributed by atoms with Gasteiger partial charge in [0.2, 0.25) is 0 Å². The molecule has 0 aliphatic carbocycles. The lowest BCUT2D eigenvalue weighted by Crippen LogP contribution is -2.38. The van der Waals surface area contributed by atoms with Crippen molar-refractivity contribution in [2.45, 2.75) is 32.1 Å². The Balaban J connectivity index is 1.73. The highest BCUT2D eigenvalue weighted by atomic mass is 16.6. The Hall–Kier alpha value is -1.55. The van der Waals surface area contributed by atoms with E-state index in [2.05, 4.69) is 5.32 Å². The molecule has 2 rings (SSSR count). The Bertz CT molecular complexity index is 362. The zero-order valence-corrected chi connectivity index (χ0v) is 9.89. The molecule has 92 valence electrons. The molecule has 1 aliphatic heterocycles. The monoisotopic (exact) mass is 235 g/mol. The minimum Gasteiger partial charge on any atom is -0.445 e. The standard InChI is InChI=1S/C13H17NO3/c1-2-11(12-9-16-12)14-13(15)17-8-10-6-4-3-5-7-10/h3-7,11-12H,2,8-9H2,1H3,(H,14,15)/t11-,12+/m0/s1. The molecule has 2 atom stereocenters. The summed E-state index contributed by atoms with van der Waals surface area (Å²) in [6.45, 7) is 3.05. The highest BCUT2D eigenvalue weighted by molar-refractivity contribution is 5.67. The average molecular weight is 235 g/mol. The van der Waals surface area contributed by atoms with Gasteiger partial charge < -0.3 is 14.8 Å². The molecule has 1 fully saturated rings. The van der Waals surface area contributed by atoms with E-state index >= 15 is 0 Å². The fourth-order valence-electron chi connectivity index (χ4n) is 1.66. The third kappa shape index (κ3) is 3.75. The van der Waals surface area contributed by atoms with E-state index in [9.17, 15) is 4.79 Å². The first-order chi connectivity index (χ1) is 8.29. The van der Waals surface area contributed by atoms with Crippen molar-refractivity contribution < 1.29 is 14.3 Å². The van der Waals surface area contributed by atoms with Crippen molar-refractivity contribution in [3.63, 3.8) is 0 Å². The van der Waals surface area contributed by atoms with Crippen molar-refractivity contribution in [1.29, 1.82) is 0 Å². The number of benzene rings is 1. The van der Waals surface area contributed by atoms with E-state index in [-0.39, 0.29) is 18.2 Å². The van der Waals surface area contributed by atoms with Gasteiger partial charge in [-0.05, 0) is 12.0 Å². The predicted molar refractivity (Wildman–Crippen MR) is 63.6 cm³/mol. The van der Waals surface area contributed by atoms with Gasteiger partial charge in [0.05, 0.1) is 12.6 Å².